The van der Waals surface area contributed by atoms with Gasteiger partial charge >= 0.3 is 5.91 Å². The van der Waals surface area contributed by atoms with Gasteiger partial charge in [-0.15, -0.1) is 0 Å². The van der Waals surface area contributed by atoms with Gasteiger partial charge in [0.1, 0.15) is 5.76 Å². The number of aromatic nitrogens is 2. The number of aromatic hydroxyl groups is 1. The van der Waals surface area contributed by atoms with Crippen molar-refractivity contribution in [2.24, 2.45) is 0 Å². The summed E-state index contributed by atoms with van der Waals surface area (Å²) in [6.45, 7) is 2.11. The number of ketones is 1. The Morgan fingerprint density at radius 1 is 1.11 bits per heavy atom. The van der Waals surface area contributed by atoms with Crippen molar-refractivity contribution < 1.29 is 34.0 Å². The molecule has 37 heavy (non-hydrogen) atoms. The molecule has 3 aromatic carbocycles. The SMILES string of the molecule is CCOc1cc(C2/C(=C(\O)c3ccc4c(c3)OCO4)C(=O)C(=O)N2c2nc3ccccc3[nH]2)ccc1O. The van der Waals surface area contributed by atoms with E-state index < -0.39 is 17.7 Å². The zero-order valence-corrected chi connectivity index (χ0v) is 19.6. The summed E-state index contributed by atoms with van der Waals surface area (Å²) in [5, 5.41) is 21.6. The highest BCUT2D eigenvalue weighted by Crippen LogP contribution is 2.44. The maximum atomic E-state index is 13.4. The van der Waals surface area contributed by atoms with Crippen molar-refractivity contribution in [3.05, 3.63) is 77.4 Å². The maximum absolute atomic E-state index is 13.4. The molecule has 3 heterocycles. The van der Waals surface area contributed by atoms with Gasteiger partial charge < -0.3 is 29.4 Å². The second-order valence-corrected chi connectivity index (χ2v) is 8.47. The number of phenolic OH excluding ortho intramolecular Hbond substituents is 1. The molecule has 0 spiro atoms. The van der Waals surface area contributed by atoms with E-state index in [1.807, 2.05) is 12.1 Å². The highest BCUT2D eigenvalue weighted by atomic mass is 16.7. The molecule has 1 unspecified atom stereocenters. The molecule has 1 fully saturated rings. The van der Waals surface area contributed by atoms with Crippen molar-refractivity contribution in [1.29, 1.82) is 0 Å². The number of carbonyl (C=O) groups is 2. The van der Waals surface area contributed by atoms with E-state index in [1.165, 1.54) is 17.0 Å². The minimum atomic E-state index is -1.06. The molecule has 0 bridgehead atoms. The van der Waals surface area contributed by atoms with Crippen LogP contribution in [0.25, 0.3) is 16.8 Å². The van der Waals surface area contributed by atoms with Gasteiger partial charge in [0, 0.05) is 5.56 Å². The lowest BCUT2D eigenvalue weighted by Crippen LogP contribution is -2.30. The van der Waals surface area contributed by atoms with E-state index >= 15 is 0 Å². The number of aliphatic hydroxyl groups excluding tert-OH is 1. The Morgan fingerprint density at radius 2 is 1.92 bits per heavy atom. The van der Waals surface area contributed by atoms with Crippen LogP contribution in [0.3, 0.4) is 0 Å². The summed E-state index contributed by atoms with van der Waals surface area (Å²) >= 11 is 0. The quantitative estimate of drug-likeness (QED) is 0.213. The number of Topliss-reactive ketones (excluding diaryl/α,β-unsaturated/α-hetero) is 1. The Balaban J connectivity index is 1.56. The molecule has 0 saturated carbocycles. The van der Waals surface area contributed by atoms with Crippen LogP contribution in [-0.4, -0.2) is 45.3 Å². The number of benzene rings is 3. The first kappa shape index (κ1) is 22.5. The number of para-hydroxylation sites is 2. The number of nitrogens with zero attached hydrogens (tertiary/aromatic N) is 2. The Morgan fingerprint density at radius 3 is 2.73 bits per heavy atom. The van der Waals surface area contributed by atoms with E-state index in [4.69, 9.17) is 14.2 Å². The van der Waals surface area contributed by atoms with E-state index in [0.29, 0.717) is 28.1 Å². The van der Waals surface area contributed by atoms with Crippen LogP contribution < -0.4 is 19.1 Å². The molecule has 1 amide bonds. The van der Waals surface area contributed by atoms with Crippen LogP contribution in [-0.2, 0) is 9.59 Å². The van der Waals surface area contributed by atoms with Gasteiger partial charge in [0.05, 0.1) is 29.3 Å². The van der Waals surface area contributed by atoms with Crippen LogP contribution in [0.15, 0.2) is 66.2 Å². The molecule has 10 nitrogen and oxygen atoms in total. The van der Waals surface area contributed by atoms with Gasteiger partial charge in [-0.25, -0.2) is 4.98 Å². The topological polar surface area (TPSA) is 134 Å². The van der Waals surface area contributed by atoms with Gasteiger partial charge in [-0.1, -0.05) is 18.2 Å². The van der Waals surface area contributed by atoms with Crippen LogP contribution in [0.4, 0.5) is 5.95 Å². The number of H-pyrrole nitrogens is 1. The summed E-state index contributed by atoms with van der Waals surface area (Å²) < 4.78 is 16.3. The predicted octanol–water partition coefficient (Wildman–Crippen LogP) is 4.02. The number of hydrogen-bond acceptors (Lipinski definition) is 8. The molecule has 1 atom stereocenters. The molecule has 0 radical (unpaired) electrons. The molecule has 0 aliphatic carbocycles. The van der Waals surface area contributed by atoms with Crippen molar-refractivity contribution in [3.8, 4) is 23.0 Å². The second-order valence-electron chi connectivity index (χ2n) is 8.47. The van der Waals surface area contributed by atoms with E-state index in [1.54, 1.807) is 43.3 Å². The van der Waals surface area contributed by atoms with Crippen molar-refractivity contribution in [2.75, 3.05) is 18.3 Å². The van der Waals surface area contributed by atoms with Crippen LogP contribution in [0.5, 0.6) is 23.0 Å². The lowest BCUT2D eigenvalue weighted by Gasteiger charge is -2.23. The average molecular weight is 499 g/mol. The summed E-state index contributed by atoms with van der Waals surface area (Å²) in [6.07, 6.45) is 0. The molecule has 4 aromatic rings. The summed E-state index contributed by atoms with van der Waals surface area (Å²) in [7, 11) is 0. The third-order valence-electron chi connectivity index (χ3n) is 6.29. The lowest BCUT2D eigenvalue weighted by molar-refractivity contribution is -0.132. The van der Waals surface area contributed by atoms with E-state index in [9.17, 15) is 19.8 Å². The largest absolute Gasteiger partial charge is 0.507 e. The van der Waals surface area contributed by atoms with Crippen LogP contribution >= 0.6 is 0 Å². The van der Waals surface area contributed by atoms with Gasteiger partial charge in [-0.2, -0.15) is 0 Å². The first-order valence-corrected chi connectivity index (χ1v) is 11.6. The molecular weight excluding hydrogens is 478 g/mol. The summed E-state index contributed by atoms with van der Waals surface area (Å²) in [4.78, 5) is 35.7. The summed E-state index contributed by atoms with van der Waals surface area (Å²) in [5.74, 6) is -0.981. The summed E-state index contributed by atoms with van der Waals surface area (Å²) in [5.41, 5.74) is 1.85. The number of ether oxygens (including phenoxy) is 3. The first-order valence-electron chi connectivity index (χ1n) is 11.6. The molecule has 1 saturated heterocycles. The number of carbonyl (C=O) groups excluding carboxylic acids is 2. The van der Waals surface area contributed by atoms with Crippen LogP contribution in [0.2, 0.25) is 0 Å². The van der Waals surface area contributed by atoms with Gasteiger partial charge in [0.2, 0.25) is 12.7 Å². The molecule has 186 valence electrons. The number of phenols is 1. The molecule has 3 N–H and O–H groups in total. The Bertz CT molecular complexity index is 1570. The van der Waals surface area contributed by atoms with Gasteiger partial charge in [0.25, 0.3) is 5.78 Å². The zero-order chi connectivity index (χ0) is 25.7. The van der Waals surface area contributed by atoms with Gasteiger partial charge in [-0.3, -0.25) is 14.5 Å². The fraction of sp³-hybridized carbons (Fsp3) is 0.148. The van der Waals surface area contributed by atoms with Gasteiger partial charge in [-0.05, 0) is 55.0 Å². The monoisotopic (exact) mass is 499 g/mol. The molecule has 1 aromatic heterocycles. The number of fused-ring (bicyclic) bond motifs is 2. The smallest absolute Gasteiger partial charge is 0.302 e. The number of amides is 1. The minimum absolute atomic E-state index is 0.0453. The molecule has 10 heteroatoms. The fourth-order valence-corrected chi connectivity index (χ4v) is 4.59. The standard InChI is InChI=1S/C27H21N3O7/c1-2-35-20-11-14(7-9-18(20)31)23-22(24(32)15-8-10-19-21(12-15)37-13-36-19)25(33)26(34)30(23)27-28-16-5-3-4-6-17(16)29-27/h3-12,23,31-32H,2,13H2,1H3,(H,28,29)/b24-22+. The maximum Gasteiger partial charge on any atom is 0.302 e. The van der Waals surface area contributed by atoms with Crippen LogP contribution in [0.1, 0.15) is 24.1 Å². The number of rotatable bonds is 5. The van der Waals surface area contributed by atoms with Gasteiger partial charge in [0.15, 0.2) is 23.0 Å². The molecule has 2 aliphatic rings. The highest BCUT2D eigenvalue weighted by Gasteiger charge is 2.48. The minimum Gasteiger partial charge on any atom is -0.507 e. The second kappa shape index (κ2) is 8.59. The Kier molecular flexibility index (Phi) is 5.22. The number of hydrogen-bond donors (Lipinski definition) is 3. The van der Waals surface area contributed by atoms with Crippen molar-refractivity contribution in [3.63, 3.8) is 0 Å². The first-order chi connectivity index (χ1) is 18.0. The number of aliphatic hydroxyl groups is 1. The molecular formula is C27H21N3O7. The van der Waals surface area contributed by atoms with E-state index in [0.717, 1.165) is 0 Å². The average Bonchev–Trinajstić information content (AvgIpc) is 3.61. The number of nitrogens with one attached hydrogen (secondary N) is 1. The number of aromatic amines is 1. The highest BCUT2D eigenvalue weighted by molar-refractivity contribution is 6.51. The van der Waals surface area contributed by atoms with Crippen molar-refractivity contribution >= 4 is 34.4 Å². The zero-order valence-electron chi connectivity index (χ0n) is 19.6. The molecule has 6 rings (SSSR count). The van der Waals surface area contributed by atoms with Crippen molar-refractivity contribution in [2.45, 2.75) is 13.0 Å². The lowest BCUT2D eigenvalue weighted by atomic mass is 9.95. The van der Waals surface area contributed by atoms with E-state index in [2.05, 4.69) is 9.97 Å². The summed E-state index contributed by atoms with van der Waals surface area (Å²) in [6, 6.07) is 15.4. The van der Waals surface area contributed by atoms with Crippen LogP contribution in [0, 0.1) is 0 Å². The molecule has 2 aliphatic heterocycles. The predicted molar refractivity (Wildman–Crippen MR) is 133 cm³/mol. The number of anilines is 1. The third-order valence-corrected chi connectivity index (χ3v) is 6.29. The fourth-order valence-electron chi connectivity index (χ4n) is 4.59. The third kappa shape index (κ3) is 3.61. The number of imidazole rings is 1. The Labute approximate surface area is 210 Å². The normalized spacial score (nSPS) is 18.1. The van der Waals surface area contributed by atoms with E-state index in [-0.39, 0.29) is 47.7 Å². The Hall–Kier alpha value is -4.99. The van der Waals surface area contributed by atoms with Crippen molar-refractivity contribution in [1.82, 2.24) is 9.97 Å².